The minimum absolute atomic E-state index is 0.0866. The number of nitrogens with zero attached hydrogens (tertiary/aromatic N) is 1. The molecule has 0 aliphatic carbocycles. The third-order valence-electron chi connectivity index (χ3n) is 5.49. The number of fused-ring (bicyclic) bond motifs is 1. The van der Waals surface area contributed by atoms with E-state index in [0.717, 1.165) is 10.9 Å². The molecule has 2 aromatic rings. The van der Waals surface area contributed by atoms with E-state index in [1.165, 1.54) is 0 Å². The standard InChI is InChI=1S/C22H29N3O6/c1-13(2)8-16(19(28)22(11-27)12-31-22)23-21(30)17(10-26)24-20(29)15-4-5-18-14(9-15)6-7-25(18)3/h4-7,9,13,16-17,26-27H,8,10-12H2,1-3H3,(H,23,30)(H,24,29)/t16-,17-,22+/m0/s1. The fraction of sp³-hybridized carbons (Fsp3) is 0.500. The maximum absolute atomic E-state index is 12.8. The fourth-order valence-electron chi connectivity index (χ4n) is 3.55. The van der Waals surface area contributed by atoms with Crippen LogP contribution in [-0.2, 0) is 21.4 Å². The molecule has 0 bridgehead atoms. The molecule has 1 aliphatic heterocycles. The third kappa shape index (κ3) is 4.95. The molecule has 168 valence electrons. The highest BCUT2D eigenvalue weighted by Crippen LogP contribution is 2.30. The molecule has 3 atom stereocenters. The third-order valence-corrected chi connectivity index (χ3v) is 5.49. The van der Waals surface area contributed by atoms with Gasteiger partial charge in [0.1, 0.15) is 6.04 Å². The number of rotatable bonds is 10. The van der Waals surface area contributed by atoms with E-state index in [1.807, 2.05) is 37.7 Å². The normalized spacial score (nSPS) is 19.8. The lowest BCUT2D eigenvalue weighted by Crippen LogP contribution is -2.55. The number of aryl methyl sites for hydroxylation is 1. The monoisotopic (exact) mass is 431 g/mol. The largest absolute Gasteiger partial charge is 0.394 e. The highest BCUT2D eigenvalue weighted by atomic mass is 16.6. The minimum Gasteiger partial charge on any atom is -0.394 e. The van der Waals surface area contributed by atoms with Crippen LogP contribution in [0.25, 0.3) is 10.9 Å². The molecule has 0 spiro atoms. The van der Waals surface area contributed by atoms with Gasteiger partial charge in [-0.05, 0) is 36.6 Å². The summed E-state index contributed by atoms with van der Waals surface area (Å²) in [7, 11) is 1.90. The molecule has 1 saturated heterocycles. The van der Waals surface area contributed by atoms with E-state index in [4.69, 9.17) is 4.74 Å². The van der Waals surface area contributed by atoms with Crippen LogP contribution in [0, 0.1) is 5.92 Å². The van der Waals surface area contributed by atoms with Crippen LogP contribution >= 0.6 is 0 Å². The second-order valence-electron chi connectivity index (χ2n) is 8.40. The first-order valence-electron chi connectivity index (χ1n) is 10.3. The first-order valence-corrected chi connectivity index (χ1v) is 10.3. The molecule has 0 unspecified atom stereocenters. The molecule has 0 radical (unpaired) electrons. The van der Waals surface area contributed by atoms with Gasteiger partial charge in [0.15, 0.2) is 11.4 Å². The number of benzene rings is 1. The fourth-order valence-corrected chi connectivity index (χ4v) is 3.55. The Morgan fingerprint density at radius 3 is 2.45 bits per heavy atom. The molecule has 3 rings (SSSR count). The number of carbonyl (C=O) groups is 3. The number of nitrogens with one attached hydrogen (secondary N) is 2. The summed E-state index contributed by atoms with van der Waals surface area (Å²) in [5.41, 5.74) is 0.0455. The van der Waals surface area contributed by atoms with Gasteiger partial charge in [-0.1, -0.05) is 13.8 Å². The SMILES string of the molecule is CC(C)C[C@H](NC(=O)[C@H](CO)NC(=O)c1ccc2c(ccn2C)c1)C(=O)[C@@]1(CO)CO1. The Morgan fingerprint density at radius 2 is 1.87 bits per heavy atom. The van der Waals surface area contributed by atoms with Gasteiger partial charge in [-0.15, -0.1) is 0 Å². The van der Waals surface area contributed by atoms with Crippen LogP contribution in [0.15, 0.2) is 30.5 Å². The van der Waals surface area contributed by atoms with E-state index in [-0.39, 0.29) is 12.5 Å². The number of ketones is 1. The Hall–Kier alpha value is -2.75. The summed E-state index contributed by atoms with van der Waals surface area (Å²) in [5, 5.41) is 25.2. The summed E-state index contributed by atoms with van der Waals surface area (Å²) in [5.74, 6) is -1.51. The Bertz CT molecular complexity index is 979. The molecule has 1 aromatic carbocycles. The zero-order chi connectivity index (χ0) is 22.8. The Balaban J connectivity index is 1.69. The van der Waals surface area contributed by atoms with Gasteiger partial charge in [-0.2, -0.15) is 0 Å². The quantitative estimate of drug-likeness (QED) is 0.395. The second-order valence-corrected chi connectivity index (χ2v) is 8.40. The van der Waals surface area contributed by atoms with Gasteiger partial charge in [-0.3, -0.25) is 14.4 Å². The first kappa shape index (κ1) is 22.9. The summed E-state index contributed by atoms with van der Waals surface area (Å²) in [4.78, 5) is 38.2. The van der Waals surface area contributed by atoms with Crippen molar-refractivity contribution >= 4 is 28.5 Å². The van der Waals surface area contributed by atoms with Crippen molar-refractivity contribution in [2.24, 2.45) is 13.0 Å². The predicted octanol–water partition coefficient (Wildman–Crippen LogP) is 0.130. The molecule has 9 heteroatoms. The summed E-state index contributed by atoms with van der Waals surface area (Å²) < 4.78 is 7.05. The van der Waals surface area contributed by atoms with Crippen LogP contribution in [-0.4, -0.2) is 69.9 Å². The van der Waals surface area contributed by atoms with Crippen molar-refractivity contribution in [2.75, 3.05) is 19.8 Å². The predicted molar refractivity (Wildman–Crippen MR) is 113 cm³/mol. The van der Waals surface area contributed by atoms with E-state index in [0.29, 0.717) is 12.0 Å². The minimum atomic E-state index is -1.27. The molecule has 1 aromatic heterocycles. The number of epoxide rings is 1. The molecule has 0 saturated carbocycles. The van der Waals surface area contributed by atoms with Crippen molar-refractivity contribution in [1.82, 2.24) is 15.2 Å². The number of aliphatic hydroxyl groups is 2. The average Bonchev–Trinajstić information content (AvgIpc) is 3.47. The molecule has 31 heavy (non-hydrogen) atoms. The van der Waals surface area contributed by atoms with Gasteiger partial charge in [0.2, 0.25) is 5.91 Å². The van der Waals surface area contributed by atoms with E-state index in [2.05, 4.69) is 10.6 Å². The topological polar surface area (TPSA) is 133 Å². The smallest absolute Gasteiger partial charge is 0.252 e. The van der Waals surface area contributed by atoms with Crippen LogP contribution in [0.5, 0.6) is 0 Å². The lowest BCUT2D eigenvalue weighted by Gasteiger charge is -2.24. The lowest BCUT2D eigenvalue weighted by atomic mass is 9.92. The average molecular weight is 431 g/mol. The summed E-state index contributed by atoms with van der Waals surface area (Å²) in [6, 6.07) is 4.91. The zero-order valence-electron chi connectivity index (χ0n) is 17.9. The Morgan fingerprint density at radius 1 is 1.16 bits per heavy atom. The molecule has 2 amide bonds. The number of Topliss-reactive ketones (excluding diaryl/α,β-unsaturated/α-hetero) is 1. The van der Waals surface area contributed by atoms with E-state index >= 15 is 0 Å². The number of amides is 2. The van der Waals surface area contributed by atoms with Gasteiger partial charge in [-0.25, -0.2) is 0 Å². The van der Waals surface area contributed by atoms with Crippen LogP contribution < -0.4 is 10.6 Å². The number of carbonyl (C=O) groups excluding carboxylic acids is 3. The number of aromatic nitrogens is 1. The van der Waals surface area contributed by atoms with Crippen LogP contribution in [0.2, 0.25) is 0 Å². The zero-order valence-corrected chi connectivity index (χ0v) is 17.9. The highest BCUT2D eigenvalue weighted by molar-refractivity contribution is 6.02. The van der Waals surface area contributed by atoms with Crippen LogP contribution in [0.3, 0.4) is 0 Å². The van der Waals surface area contributed by atoms with E-state index in [1.54, 1.807) is 18.2 Å². The Kier molecular flexibility index (Phi) is 6.78. The number of hydrogen-bond donors (Lipinski definition) is 4. The van der Waals surface area contributed by atoms with E-state index in [9.17, 15) is 24.6 Å². The van der Waals surface area contributed by atoms with E-state index < -0.39 is 48.5 Å². The van der Waals surface area contributed by atoms with Gasteiger partial charge in [0, 0.05) is 29.7 Å². The molecule has 9 nitrogen and oxygen atoms in total. The number of ether oxygens (including phenoxy) is 1. The van der Waals surface area contributed by atoms with Gasteiger partial charge >= 0.3 is 0 Å². The lowest BCUT2D eigenvalue weighted by molar-refractivity contribution is -0.133. The van der Waals surface area contributed by atoms with Crippen molar-refractivity contribution in [2.45, 2.75) is 38.0 Å². The maximum Gasteiger partial charge on any atom is 0.252 e. The van der Waals surface area contributed by atoms with Crippen LogP contribution in [0.1, 0.15) is 30.6 Å². The van der Waals surface area contributed by atoms with Gasteiger partial charge < -0.3 is 30.2 Å². The summed E-state index contributed by atoms with van der Waals surface area (Å²) in [6.07, 6.45) is 2.22. The maximum atomic E-state index is 12.8. The van der Waals surface area contributed by atoms with Crippen molar-refractivity contribution in [3.8, 4) is 0 Å². The molecular formula is C22H29N3O6. The van der Waals surface area contributed by atoms with Gasteiger partial charge in [0.05, 0.1) is 25.9 Å². The molecule has 4 N–H and O–H groups in total. The molecule has 1 aliphatic rings. The van der Waals surface area contributed by atoms with Crippen LogP contribution in [0.4, 0.5) is 0 Å². The summed E-state index contributed by atoms with van der Waals surface area (Å²) >= 11 is 0. The molecule has 2 heterocycles. The Labute approximate surface area is 180 Å². The van der Waals surface area contributed by atoms with Crippen molar-refractivity contribution < 1.29 is 29.3 Å². The first-order chi connectivity index (χ1) is 14.7. The molecular weight excluding hydrogens is 402 g/mol. The second kappa shape index (κ2) is 9.17. The van der Waals surface area contributed by atoms with Crippen molar-refractivity contribution in [1.29, 1.82) is 0 Å². The summed E-state index contributed by atoms with van der Waals surface area (Å²) in [6.45, 7) is 2.82. The number of aliphatic hydroxyl groups excluding tert-OH is 2. The highest BCUT2D eigenvalue weighted by Gasteiger charge is 2.54. The molecule has 1 fully saturated rings. The van der Waals surface area contributed by atoms with Gasteiger partial charge in [0.25, 0.3) is 5.91 Å². The van der Waals surface area contributed by atoms with Crippen molar-refractivity contribution in [3.05, 3.63) is 36.0 Å². The number of hydrogen-bond acceptors (Lipinski definition) is 6. The van der Waals surface area contributed by atoms with Crippen molar-refractivity contribution in [3.63, 3.8) is 0 Å².